The lowest BCUT2D eigenvalue weighted by Gasteiger charge is -2.28. The summed E-state index contributed by atoms with van der Waals surface area (Å²) < 4.78 is 176. The first-order valence-electron chi connectivity index (χ1n) is 10.6. The summed E-state index contributed by atoms with van der Waals surface area (Å²) >= 11 is 0. The van der Waals surface area contributed by atoms with Crippen LogP contribution in [0, 0.1) is 0 Å². The van der Waals surface area contributed by atoms with Crippen LogP contribution in [-0.2, 0) is 0 Å². The average molecular weight is 566 g/mol. The SMILES string of the molecule is N[Si](N)(CCCCCCC(F)(F)C(F)(F)C(F)(F)F)CCCCCCC(F)(F)C(F)(F)C(F)(F)F. The van der Waals surface area contributed by atoms with E-state index in [1.807, 2.05) is 0 Å². The van der Waals surface area contributed by atoms with Gasteiger partial charge in [-0.1, -0.05) is 38.5 Å². The van der Waals surface area contributed by atoms with Gasteiger partial charge in [-0.15, -0.1) is 0 Å². The zero-order valence-electron chi connectivity index (χ0n) is 18.4. The van der Waals surface area contributed by atoms with Crippen molar-refractivity contribution in [3.8, 4) is 0 Å². The highest BCUT2D eigenvalue weighted by Crippen LogP contribution is 2.49. The Morgan fingerprint density at radius 2 is 0.657 bits per heavy atom. The summed E-state index contributed by atoms with van der Waals surface area (Å²) in [4.78, 5) is 0. The average Bonchev–Trinajstić information content (AvgIpc) is 2.65. The third-order valence-electron chi connectivity index (χ3n) is 5.40. The van der Waals surface area contributed by atoms with Gasteiger partial charge in [0.05, 0.1) is 0 Å². The molecular weight excluding hydrogens is 538 g/mol. The lowest BCUT2D eigenvalue weighted by molar-refractivity contribution is -0.356. The summed E-state index contributed by atoms with van der Waals surface area (Å²) in [5, 5.41) is 11.8. The zero-order chi connectivity index (χ0) is 28.0. The maximum atomic E-state index is 13.2. The van der Waals surface area contributed by atoms with Gasteiger partial charge in [-0.25, -0.2) is 0 Å². The maximum Gasteiger partial charge on any atom is 0.459 e. The topological polar surface area (TPSA) is 52.0 Å². The van der Waals surface area contributed by atoms with E-state index >= 15 is 0 Å². The predicted molar refractivity (Wildman–Crippen MR) is 102 cm³/mol. The molecule has 0 bridgehead atoms. The Hall–Kier alpha value is -0.843. The van der Waals surface area contributed by atoms with Gasteiger partial charge in [0.25, 0.3) is 0 Å². The van der Waals surface area contributed by atoms with Crippen molar-refractivity contribution in [1.29, 1.82) is 0 Å². The van der Waals surface area contributed by atoms with Crippen molar-refractivity contribution in [1.82, 2.24) is 0 Å². The molecule has 0 amide bonds. The van der Waals surface area contributed by atoms with Crippen LogP contribution >= 0.6 is 0 Å². The van der Waals surface area contributed by atoms with Crippen molar-refractivity contribution in [3.05, 3.63) is 0 Å². The van der Waals surface area contributed by atoms with Crippen molar-refractivity contribution >= 4 is 8.40 Å². The van der Waals surface area contributed by atoms with Crippen LogP contribution in [0.3, 0.4) is 0 Å². The summed E-state index contributed by atoms with van der Waals surface area (Å²) in [5.74, 6) is -22.8. The van der Waals surface area contributed by atoms with Crippen LogP contribution < -0.4 is 10.8 Å². The fourth-order valence-electron chi connectivity index (χ4n) is 3.16. The van der Waals surface area contributed by atoms with Crippen molar-refractivity contribution in [2.75, 3.05) is 0 Å². The highest BCUT2D eigenvalue weighted by atomic mass is 28.3. The standard InChI is InChI=1S/C18H28F14N2Si/c19-13(20,15(23,24)17(27,28)29)9-5-1-3-7-11-35(33,34)12-8-4-2-6-10-14(21,22)16(25,26)18(30,31)32/h1-12,33-34H2. The molecule has 0 aromatic heterocycles. The number of hydrogen-bond donors (Lipinski definition) is 2. The molecule has 2 nitrogen and oxygen atoms in total. The first-order valence-corrected chi connectivity index (χ1v) is 13.2. The minimum atomic E-state index is -6.38. The molecule has 0 saturated carbocycles. The van der Waals surface area contributed by atoms with Crippen LogP contribution in [0.2, 0.25) is 12.1 Å². The quantitative estimate of drug-likeness (QED) is 0.113. The van der Waals surface area contributed by atoms with E-state index in [1.54, 1.807) is 0 Å². The normalized spacial score (nSPS) is 15.1. The fourth-order valence-corrected chi connectivity index (χ4v) is 5.23. The van der Waals surface area contributed by atoms with E-state index in [2.05, 4.69) is 0 Å². The van der Waals surface area contributed by atoms with Crippen molar-refractivity contribution in [2.45, 2.75) is 112 Å². The maximum absolute atomic E-state index is 13.2. The molecular formula is C18H28F14N2Si. The van der Waals surface area contributed by atoms with Crippen LogP contribution in [0.15, 0.2) is 0 Å². The number of hydrogen-bond acceptors (Lipinski definition) is 2. The number of alkyl halides is 14. The van der Waals surface area contributed by atoms with Crippen molar-refractivity contribution in [3.63, 3.8) is 0 Å². The van der Waals surface area contributed by atoms with Crippen LogP contribution in [-0.4, -0.2) is 44.4 Å². The number of unbranched alkanes of at least 4 members (excludes halogenated alkanes) is 6. The molecule has 35 heavy (non-hydrogen) atoms. The Kier molecular flexibility index (Phi) is 11.8. The van der Waals surface area contributed by atoms with Gasteiger partial charge < -0.3 is 10.8 Å². The van der Waals surface area contributed by atoms with Gasteiger partial charge in [-0.3, -0.25) is 0 Å². The molecule has 0 aliphatic carbocycles. The molecule has 0 aliphatic heterocycles. The molecule has 0 aromatic rings. The number of nitrogens with two attached hydrogens (primary N) is 2. The highest BCUT2D eigenvalue weighted by Gasteiger charge is 2.73. The van der Waals surface area contributed by atoms with E-state index in [0.29, 0.717) is 0 Å². The minimum Gasteiger partial charge on any atom is -0.339 e. The summed E-state index contributed by atoms with van der Waals surface area (Å²) in [6.45, 7) is 0. The summed E-state index contributed by atoms with van der Waals surface area (Å²) in [7, 11) is -2.84. The van der Waals surface area contributed by atoms with Gasteiger partial charge in [-0.05, 0) is 24.9 Å². The number of rotatable bonds is 16. The van der Waals surface area contributed by atoms with E-state index in [-0.39, 0.29) is 50.6 Å². The van der Waals surface area contributed by atoms with Crippen LogP contribution in [0.1, 0.15) is 64.2 Å². The molecule has 0 unspecified atom stereocenters. The van der Waals surface area contributed by atoms with Gasteiger partial charge >= 0.3 is 36.0 Å². The molecule has 0 aliphatic rings. The largest absolute Gasteiger partial charge is 0.459 e. The highest BCUT2D eigenvalue weighted by molar-refractivity contribution is 6.73. The molecule has 212 valence electrons. The molecule has 0 rings (SSSR count). The summed E-state index contributed by atoms with van der Waals surface area (Å²) in [6.07, 6.45) is -16.5. The Morgan fingerprint density at radius 1 is 0.400 bits per heavy atom. The van der Waals surface area contributed by atoms with Crippen molar-refractivity contribution < 1.29 is 61.5 Å². The van der Waals surface area contributed by atoms with Gasteiger partial charge in [0.1, 0.15) is 0 Å². The number of halogens is 14. The Balaban J connectivity index is 4.17. The van der Waals surface area contributed by atoms with E-state index in [0.717, 1.165) is 0 Å². The van der Waals surface area contributed by atoms with E-state index in [9.17, 15) is 61.5 Å². The molecule has 4 N–H and O–H groups in total. The zero-order valence-corrected chi connectivity index (χ0v) is 19.4. The molecule has 0 radical (unpaired) electrons. The van der Waals surface area contributed by atoms with Crippen LogP contribution in [0.4, 0.5) is 61.5 Å². The molecule has 0 fully saturated rings. The van der Waals surface area contributed by atoms with Gasteiger partial charge in [0.15, 0.2) is 8.40 Å². The summed E-state index contributed by atoms with van der Waals surface area (Å²) in [5.41, 5.74) is 0. The van der Waals surface area contributed by atoms with Gasteiger partial charge in [-0.2, -0.15) is 61.5 Å². The Bertz CT molecular complexity index is 580. The lowest BCUT2D eigenvalue weighted by Crippen LogP contribution is -2.55. The molecule has 0 heterocycles. The smallest absolute Gasteiger partial charge is 0.339 e. The van der Waals surface area contributed by atoms with Crippen molar-refractivity contribution in [2.24, 2.45) is 10.8 Å². The third-order valence-corrected chi connectivity index (χ3v) is 7.97. The van der Waals surface area contributed by atoms with Gasteiger partial charge in [0, 0.05) is 12.8 Å². The second-order valence-electron chi connectivity index (χ2n) is 8.61. The first kappa shape index (κ1) is 34.2. The predicted octanol–water partition coefficient (Wildman–Crippen LogP) is 7.91. The molecule has 0 spiro atoms. The second-order valence-corrected chi connectivity index (χ2v) is 12.1. The Morgan fingerprint density at radius 3 is 0.914 bits per heavy atom. The lowest BCUT2D eigenvalue weighted by atomic mass is 10.0. The Labute approximate surface area is 193 Å². The van der Waals surface area contributed by atoms with Crippen LogP contribution in [0.5, 0.6) is 0 Å². The molecule has 0 saturated heterocycles. The van der Waals surface area contributed by atoms with Crippen LogP contribution in [0.25, 0.3) is 0 Å². The molecule has 0 aromatic carbocycles. The van der Waals surface area contributed by atoms with E-state index in [1.165, 1.54) is 0 Å². The van der Waals surface area contributed by atoms with Gasteiger partial charge in [0.2, 0.25) is 0 Å². The minimum absolute atomic E-state index is 0.0786. The monoisotopic (exact) mass is 566 g/mol. The summed E-state index contributed by atoms with van der Waals surface area (Å²) in [6, 6.07) is 0.468. The molecule has 17 heteroatoms. The first-order chi connectivity index (χ1) is 15.4. The third kappa shape index (κ3) is 9.85. The van der Waals surface area contributed by atoms with E-state index in [4.69, 9.17) is 10.8 Å². The van der Waals surface area contributed by atoms with E-state index < -0.39 is 70.1 Å². The second kappa shape index (κ2) is 12.1. The fraction of sp³-hybridized carbons (Fsp3) is 1.00. The molecule has 0 atom stereocenters.